The molecule has 1 aromatic rings. The van der Waals surface area contributed by atoms with E-state index >= 15 is 0 Å². The highest BCUT2D eigenvalue weighted by Gasteiger charge is 2.50. The van der Waals surface area contributed by atoms with Crippen molar-refractivity contribution in [3.05, 3.63) is 23.8 Å². The van der Waals surface area contributed by atoms with Crippen LogP contribution in [-0.4, -0.2) is 67.4 Å². The van der Waals surface area contributed by atoms with E-state index in [0.29, 0.717) is 29.9 Å². The van der Waals surface area contributed by atoms with Crippen LogP contribution in [0.1, 0.15) is 58.4 Å². The lowest BCUT2D eigenvalue weighted by Crippen LogP contribution is -2.47. The van der Waals surface area contributed by atoms with Gasteiger partial charge < -0.3 is 24.6 Å². The molecule has 2 heterocycles. The first kappa shape index (κ1) is 23.7. The number of carbonyl (C=O) groups is 1. The molecule has 0 bridgehead atoms. The van der Waals surface area contributed by atoms with Gasteiger partial charge in [-0.05, 0) is 96.5 Å². The van der Waals surface area contributed by atoms with Gasteiger partial charge in [0.05, 0.1) is 12.2 Å². The van der Waals surface area contributed by atoms with Crippen molar-refractivity contribution in [2.24, 2.45) is 11.3 Å². The van der Waals surface area contributed by atoms with Crippen molar-refractivity contribution in [3.63, 3.8) is 0 Å². The molecule has 180 valence electrons. The van der Waals surface area contributed by atoms with Gasteiger partial charge in [-0.3, -0.25) is 0 Å². The van der Waals surface area contributed by atoms with E-state index in [-0.39, 0.29) is 11.5 Å². The number of benzene rings is 1. The highest BCUT2D eigenvalue weighted by Crippen LogP contribution is 2.49. The molecule has 2 saturated heterocycles. The van der Waals surface area contributed by atoms with Crippen molar-refractivity contribution >= 4 is 11.8 Å². The van der Waals surface area contributed by atoms with E-state index < -0.39 is 5.60 Å². The Kier molecular flexibility index (Phi) is 6.76. The first-order chi connectivity index (χ1) is 15.6. The highest BCUT2D eigenvalue weighted by atomic mass is 16.6. The molecule has 0 atom stereocenters. The van der Waals surface area contributed by atoms with Crippen molar-refractivity contribution in [1.29, 1.82) is 5.26 Å². The van der Waals surface area contributed by atoms with Crippen LogP contribution < -0.4 is 10.1 Å². The number of hydrogen-bond acceptors (Lipinski definition) is 6. The van der Waals surface area contributed by atoms with Crippen molar-refractivity contribution in [1.82, 2.24) is 9.80 Å². The van der Waals surface area contributed by atoms with E-state index in [1.807, 2.05) is 43.9 Å². The molecule has 3 aliphatic rings. The van der Waals surface area contributed by atoms with E-state index in [1.54, 1.807) is 0 Å². The van der Waals surface area contributed by atoms with Crippen LogP contribution in [0.4, 0.5) is 10.5 Å². The third kappa shape index (κ3) is 5.92. The molecule has 0 aromatic heterocycles. The Morgan fingerprint density at radius 3 is 2.64 bits per heavy atom. The summed E-state index contributed by atoms with van der Waals surface area (Å²) >= 11 is 0. The Balaban J connectivity index is 1.28. The number of amides is 1. The third-order valence-corrected chi connectivity index (χ3v) is 7.23. The second-order valence-electron chi connectivity index (χ2n) is 11.3. The normalized spacial score (nSPS) is 26.0. The number of piperidine rings is 1. The number of nitrogens with one attached hydrogen (secondary N) is 1. The number of anilines is 1. The zero-order valence-corrected chi connectivity index (χ0v) is 20.5. The second kappa shape index (κ2) is 9.42. The van der Waals surface area contributed by atoms with Crippen molar-refractivity contribution < 1.29 is 14.3 Å². The Bertz CT molecular complexity index is 890. The maximum absolute atomic E-state index is 12.4. The van der Waals surface area contributed by atoms with Gasteiger partial charge in [0.25, 0.3) is 0 Å². The summed E-state index contributed by atoms with van der Waals surface area (Å²) in [6.07, 6.45) is 5.19. The molecule has 0 radical (unpaired) electrons. The number of likely N-dealkylation sites (tertiary alicyclic amines) is 2. The first-order valence-electron chi connectivity index (χ1n) is 12.2. The van der Waals surface area contributed by atoms with Gasteiger partial charge in [-0.2, -0.15) is 5.26 Å². The number of ether oxygens (including phenoxy) is 2. The van der Waals surface area contributed by atoms with E-state index in [4.69, 9.17) is 9.47 Å². The van der Waals surface area contributed by atoms with Gasteiger partial charge in [0.2, 0.25) is 0 Å². The average Bonchev–Trinajstić information content (AvgIpc) is 3.18. The summed E-state index contributed by atoms with van der Waals surface area (Å²) in [6, 6.07) is 8.42. The Labute approximate surface area is 198 Å². The predicted molar refractivity (Wildman–Crippen MR) is 128 cm³/mol. The Hall–Kier alpha value is -2.46. The van der Waals surface area contributed by atoms with Crippen molar-refractivity contribution in [2.75, 3.05) is 45.2 Å². The molecule has 4 rings (SSSR count). The molecular formula is C26H38N4O3. The molecule has 3 fully saturated rings. The average molecular weight is 455 g/mol. The third-order valence-electron chi connectivity index (χ3n) is 7.23. The minimum Gasteiger partial charge on any atom is -0.492 e. The topological polar surface area (TPSA) is 77.8 Å². The number of carbonyl (C=O) groups excluding carboxylic acids is 1. The van der Waals surface area contributed by atoms with Gasteiger partial charge in [-0.25, -0.2) is 4.79 Å². The summed E-state index contributed by atoms with van der Waals surface area (Å²) in [5, 5.41) is 13.1. The maximum atomic E-state index is 12.4. The lowest BCUT2D eigenvalue weighted by Gasteiger charge is -2.45. The van der Waals surface area contributed by atoms with Crippen molar-refractivity contribution in [2.45, 2.75) is 64.5 Å². The van der Waals surface area contributed by atoms with Gasteiger partial charge >= 0.3 is 6.09 Å². The number of nitrogens with zero attached hydrogens (tertiary/aromatic N) is 3. The SMILES string of the molecule is CN1CCC(COc2cc(NC3CC4(CCN(C(=O)OC(C)(C)C)C4)C3)ccc2C#N)CC1. The summed E-state index contributed by atoms with van der Waals surface area (Å²) in [5.41, 5.74) is 1.32. The first-order valence-corrected chi connectivity index (χ1v) is 12.2. The lowest BCUT2D eigenvalue weighted by molar-refractivity contribution is 0.0237. The van der Waals surface area contributed by atoms with Crippen LogP contribution in [-0.2, 0) is 4.74 Å². The van der Waals surface area contributed by atoms with Crippen LogP contribution in [0.25, 0.3) is 0 Å². The minimum absolute atomic E-state index is 0.200. The quantitative estimate of drug-likeness (QED) is 0.707. The molecule has 7 heteroatoms. The molecular weight excluding hydrogens is 416 g/mol. The molecule has 0 unspecified atom stereocenters. The molecule has 1 spiro atoms. The molecule has 1 amide bonds. The van der Waals surface area contributed by atoms with Crippen LogP contribution in [0.5, 0.6) is 5.75 Å². The lowest BCUT2D eigenvalue weighted by atomic mass is 9.65. The molecule has 33 heavy (non-hydrogen) atoms. The zero-order valence-electron chi connectivity index (χ0n) is 20.5. The standard InChI is InChI=1S/C26H38N4O3/c1-25(2,3)33-24(31)30-12-9-26(18-30)14-22(15-26)28-21-6-5-20(16-27)23(13-21)32-17-19-7-10-29(4)11-8-19/h5-6,13,19,22,28H,7-12,14-15,17-18H2,1-4H3. The monoisotopic (exact) mass is 454 g/mol. The molecule has 2 aliphatic heterocycles. The van der Waals surface area contributed by atoms with Crippen LogP contribution in [0.2, 0.25) is 0 Å². The number of nitriles is 1. The molecule has 7 nitrogen and oxygen atoms in total. The molecule has 1 aromatic carbocycles. The van der Waals surface area contributed by atoms with Gasteiger partial charge in [-0.1, -0.05) is 0 Å². The summed E-state index contributed by atoms with van der Waals surface area (Å²) in [6.45, 7) is 10.1. The zero-order chi connectivity index (χ0) is 23.6. The minimum atomic E-state index is -0.459. The Morgan fingerprint density at radius 1 is 1.24 bits per heavy atom. The van der Waals surface area contributed by atoms with Crippen LogP contribution in [0.15, 0.2) is 18.2 Å². The second-order valence-corrected chi connectivity index (χ2v) is 11.3. The fraction of sp³-hybridized carbons (Fsp3) is 0.692. The maximum Gasteiger partial charge on any atom is 0.410 e. The van der Waals surface area contributed by atoms with E-state index in [0.717, 1.165) is 64.0 Å². The van der Waals surface area contributed by atoms with Gasteiger partial charge in [0.1, 0.15) is 17.4 Å². The van der Waals surface area contributed by atoms with Crippen LogP contribution in [0.3, 0.4) is 0 Å². The van der Waals surface area contributed by atoms with E-state index in [2.05, 4.69) is 23.3 Å². The summed E-state index contributed by atoms with van der Waals surface area (Å²) < 4.78 is 11.7. The number of hydrogen-bond donors (Lipinski definition) is 1. The fourth-order valence-electron chi connectivity index (χ4n) is 5.33. The summed E-state index contributed by atoms with van der Waals surface area (Å²) in [4.78, 5) is 16.6. The molecule has 1 aliphatic carbocycles. The van der Waals surface area contributed by atoms with Gasteiger partial charge in [0.15, 0.2) is 0 Å². The summed E-state index contributed by atoms with van der Waals surface area (Å²) in [5.74, 6) is 1.22. The largest absolute Gasteiger partial charge is 0.492 e. The van der Waals surface area contributed by atoms with Crippen LogP contribution in [0, 0.1) is 22.7 Å². The highest BCUT2D eigenvalue weighted by molar-refractivity contribution is 5.68. The van der Waals surface area contributed by atoms with Gasteiger partial charge in [0, 0.05) is 30.9 Å². The Morgan fingerprint density at radius 2 is 1.97 bits per heavy atom. The van der Waals surface area contributed by atoms with Crippen molar-refractivity contribution in [3.8, 4) is 11.8 Å². The number of rotatable bonds is 5. The fourth-order valence-corrected chi connectivity index (χ4v) is 5.33. The van der Waals surface area contributed by atoms with E-state index in [1.165, 1.54) is 0 Å². The van der Waals surface area contributed by atoms with Crippen LogP contribution >= 0.6 is 0 Å². The van der Waals surface area contributed by atoms with E-state index in [9.17, 15) is 10.1 Å². The van der Waals surface area contributed by atoms with Gasteiger partial charge in [-0.15, -0.1) is 0 Å². The molecule has 1 N–H and O–H groups in total. The predicted octanol–water partition coefficient (Wildman–Crippen LogP) is 4.48. The summed E-state index contributed by atoms with van der Waals surface area (Å²) in [7, 11) is 2.16. The molecule has 1 saturated carbocycles. The smallest absolute Gasteiger partial charge is 0.410 e.